The molecule has 0 radical (unpaired) electrons. The summed E-state index contributed by atoms with van der Waals surface area (Å²) in [6.07, 6.45) is 1.38. The summed E-state index contributed by atoms with van der Waals surface area (Å²) >= 11 is 0. The molecule has 0 N–H and O–H groups in total. The fourth-order valence-corrected chi connectivity index (χ4v) is 4.21. The van der Waals surface area contributed by atoms with Crippen molar-refractivity contribution in [2.75, 3.05) is 6.54 Å². The first-order chi connectivity index (χ1) is 6.73. The minimum absolute atomic E-state index is 0.0846. The lowest BCUT2D eigenvalue weighted by molar-refractivity contribution is -0.339. The molecule has 1 fully saturated rings. The number of nitrogens with zero attached hydrogens (tertiary/aromatic N) is 1. The highest BCUT2D eigenvalue weighted by atomic mass is 31.2. The molecule has 0 aliphatic carbocycles. The van der Waals surface area contributed by atoms with E-state index in [2.05, 4.69) is 0 Å². The molecular formula is C6H11NO6P2-4. The van der Waals surface area contributed by atoms with Gasteiger partial charge in [0, 0.05) is 20.1 Å². The van der Waals surface area contributed by atoms with E-state index in [0.29, 0.717) is 23.9 Å². The number of hydrogen-bond acceptors (Lipinski definition) is 6. The fraction of sp³-hybridized carbons (Fsp3) is 1.00. The van der Waals surface area contributed by atoms with Crippen molar-refractivity contribution >= 4 is 15.3 Å². The standard InChI is InChI=1S/C6H15NO6P2/c8-14(9,10)6-4-2-1-3-5-7(6)15(11,12)13/h6H,1-5H2,(H2,8,9,10)(H2,11,12,13)/p-4. The monoisotopic (exact) mass is 255 g/mol. The number of rotatable bonds is 2. The molecule has 0 bridgehead atoms. The molecule has 1 rings (SSSR count). The van der Waals surface area contributed by atoms with Crippen molar-refractivity contribution in [3.63, 3.8) is 0 Å². The van der Waals surface area contributed by atoms with E-state index in [9.17, 15) is 28.7 Å². The van der Waals surface area contributed by atoms with Crippen LogP contribution in [0.1, 0.15) is 25.7 Å². The lowest BCUT2D eigenvalue weighted by Gasteiger charge is -2.51. The summed E-state index contributed by atoms with van der Waals surface area (Å²) in [6, 6.07) is 0. The first-order valence-corrected chi connectivity index (χ1v) is 7.64. The Bertz CT molecular complexity index is 279. The quantitative estimate of drug-likeness (QED) is 0.518. The third-order valence-electron chi connectivity index (χ3n) is 2.37. The lowest BCUT2D eigenvalue weighted by Crippen LogP contribution is -2.44. The highest BCUT2D eigenvalue weighted by Crippen LogP contribution is 2.47. The van der Waals surface area contributed by atoms with Crippen molar-refractivity contribution in [3.05, 3.63) is 0 Å². The van der Waals surface area contributed by atoms with Gasteiger partial charge in [0.25, 0.3) is 0 Å². The zero-order valence-electron chi connectivity index (χ0n) is 7.90. The van der Waals surface area contributed by atoms with Crippen LogP contribution in [0.25, 0.3) is 0 Å². The molecule has 90 valence electrons. The molecule has 1 unspecified atom stereocenters. The third kappa shape index (κ3) is 3.64. The molecule has 1 atom stereocenters. The van der Waals surface area contributed by atoms with Gasteiger partial charge in [-0.25, -0.2) is 0 Å². The van der Waals surface area contributed by atoms with Gasteiger partial charge in [0.1, 0.15) is 0 Å². The molecule has 0 saturated carbocycles. The zero-order chi connectivity index (χ0) is 11.7. The Kier molecular flexibility index (Phi) is 4.12. The molecule has 1 aliphatic heterocycles. The van der Waals surface area contributed by atoms with Gasteiger partial charge in [-0.2, -0.15) is 0 Å². The molecule has 1 heterocycles. The summed E-state index contributed by atoms with van der Waals surface area (Å²) in [5.74, 6) is -1.69. The summed E-state index contributed by atoms with van der Waals surface area (Å²) in [6.45, 7) is -0.177. The van der Waals surface area contributed by atoms with Gasteiger partial charge in [-0.1, -0.05) is 12.8 Å². The Morgan fingerprint density at radius 2 is 1.60 bits per heavy atom. The van der Waals surface area contributed by atoms with Crippen LogP contribution in [0.2, 0.25) is 0 Å². The topological polar surface area (TPSA) is 130 Å². The summed E-state index contributed by atoms with van der Waals surface area (Å²) in [4.78, 5) is 43.2. The highest BCUT2D eigenvalue weighted by Gasteiger charge is 2.25. The molecule has 1 aliphatic rings. The van der Waals surface area contributed by atoms with Crippen molar-refractivity contribution in [2.45, 2.75) is 31.5 Å². The smallest absolute Gasteiger partial charge is 0.0416 e. The van der Waals surface area contributed by atoms with Gasteiger partial charge in [0.2, 0.25) is 0 Å². The van der Waals surface area contributed by atoms with Gasteiger partial charge in [-0.3, -0.25) is 4.67 Å². The Morgan fingerprint density at radius 1 is 1.00 bits per heavy atom. The minimum atomic E-state index is -5.16. The maximum absolute atomic E-state index is 10.8. The minimum Gasteiger partial charge on any atom is -0.810 e. The van der Waals surface area contributed by atoms with Crippen LogP contribution in [-0.4, -0.2) is 17.0 Å². The summed E-state index contributed by atoms with van der Waals surface area (Å²) in [5, 5.41) is 0. The maximum atomic E-state index is 10.8. The highest BCUT2D eigenvalue weighted by molar-refractivity contribution is 7.52. The Hall–Kier alpha value is 0.260. The first-order valence-electron chi connectivity index (χ1n) is 4.54. The van der Waals surface area contributed by atoms with E-state index < -0.39 is 21.1 Å². The number of hydrogen-bond donors (Lipinski definition) is 0. The van der Waals surface area contributed by atoms with Gasteiger partial charge in [0.15, 0.2) is 0 Å². The van der Waals surface area contributed by atoms with Crippen LogP contribution in [0.3, 0.4) is 0 Å². The van der Waals surface area contributed by atoms with Gasteiger partial charge in [-0.15, -0.1) is 0 Å². The van der Waals surface area contributed by atoms with E-state index in [1.807, 2.05) is 0 Å². The maximum Gasteiger partial charge on any atom is 0.0416 e. The normalized spacial score (nSPS) is 26.3. The van der Waals surface area contributed by atoms with E-state index in [0.717, 1.165) is 0 Å². The molecule has 15 heavy (non-hydrogen) atoms. The van der Waals surface area contributed by atoms with Crippen molar-refractivity contribution in [1.29, 1.82) is 0 Å². The molecule has 0 amide bonds. The predicted molar refractivity (Wildman–Crippen MR) is 44.2 cm³/mol. The Morgan fingerprint density at radius 3 is 2.07 bits per heavy atom. The summed E-state index contributed by atoms with van der Waals surface area (Å²) < 4.78 is 21.9. The second-order valence-corrected chi connectivity index (χ2v) is 6.63. The fourth-order valence-electron chi connectivity index (χ4n) is 1.68. The summed E-state index contributed by atoms with van der Waals surface area (Å²) in [7, 11) is -10.2. The average Bonchev–Trinajstić information content (AvgIpc) is 2.24. The van der Waals surface area contributed by atoms with E-state index in [1.54, 1.807) is 0 Å². The van der Waals surface area contributed by atoms with Crippen molar-refractivity contribution < 1.29 is 28.7 Å². The van der Waals surface area contributed by atoms with Gasteiger partial charge in [0.05, 0.1) is 0 Å². The third-order valence-corrected chi connectivity index (χ3v) is 4.93. The van der Waals surface area contributed by atoms with Crippen LogP contribution >= 0.6 is 15.3 Å². The van der Waals surface area contributed by atoms with Crippen LogP contribution in [-0.2, 0) is 9.13 Å². The Labute approximate surface area is 87.5 Å². The molecule has 0 aromatic rings. The van der Waals surface area contributed by atoms with E-state index in [4.69, 9.17) is 0 Å². The van der Waals surface area contributed by atoms with E-state index in [1.165, 1.54) is 0 Å². The molecule has 1 saturated heterocycles. The van der Waals surface area contributed by atoms with Crippen LogP contribution in [0.5, 0.6) is 0 Å². The molecule has 0 aromatic carbocycles. The van der Waals surface area contributed by atoms with E-state index in [-0.39, 0.29) is 13.0 Å². The van der Waals surface area contributed by atoms with E-state index >= 15 is 0 Å². The lowest BCUT2D eigenvalue weighted by atomic mass is 10.2. The van der Waals surface area contributed by atoms with Crippen LogP contribution in [0, 0.1) is 0 Å². The summed E-state index contributed by atoms with van der Waals surface area (Å²) in [5.41, 5.74) is 0. The second kappa shape index (κ2) is 4.63. The van der Waals surface area contributed by atoms with Gasteiger partial charge in [-0.05, 0) is 20.4 Å². The van der Waals surface area contributed by atoms with Crippen molar-refractivity contribution in [1.82, 2.24) is 4.67 Å². The van der Waals surface area contributed by atoms with Crippen molar-refractivity contribution in [2.24, 2.45) is 0 Å². The zero-order valence-corrected chi connectivity index (χ0v) is 9.69. The molecule has 0 aromatic heterocycles. The predicted octanol–water partition coefficient (Wildman–Crippen LogP) is -2.07. The molecule has 9 heteroatoms. The van der Waals surface area contributed by atoms with Gasteiger partial charge < -0.3 is 28.7 Å². The van der Waals surface area contributed by atoms with Crippen LogP contribution < -0.4 is 19.6 Å². The second-order valence-electron chi connectivity index (χ2n) is 3.50. The van der Waals surface area contributed by atoms with Crippen LogP contribution in [0.4, 0.5) is 0 Å². The largest absolute Gasteiger partial charge is 0.810 e. The molecular weight excluding hydrogens is 244 g/mol. The van der Waals surface area contributed by atoms with Crippen LogP contribution in [0.15, 0.2) is 0 Å². The SMILES string of the molecule is O=P([O-])([O-])C1CCCCCN1P(=O)([O-])[O-]. The molecule has 7 nitrogen and oxygen atoms in total. The Balaban J connectivity index is 2.97. The van der Waals surface area contributed by atoms with Crippen molar-refractivity contribution in [3.8, 4) is 0 Å². The molecule has 0 spiro atoms. The average molecular weight is 255 g/mol. The van der Waals surface area contributed by atoms with Gasteiger partial charge >= 0.3 is 0 Å². The first kappa shape index (κ1) is 13.3.